The van der Waals surface area contributed by atoms with Gasteiger partial charge in [-0.25, -0.2) is 0 Å². The van der Waals surface area contributed by atoms with E-state index < -0.39 is 0 Å². The molecular formula is C17H26N2OS. The largest absolute Gasteiger partial charge is 0.398 e. The van der Waals surface area contributed by atoms with Crippen LogP contribution in [0.5, 0.6) is 0 Å². The zero-order valence-corrected chi connectivity index (χ0v) is 13.9. The molecule has 0 unspecified atom stereocenters. The fraction of sp³-hybridized carbons (Fsp3) is 0.588. The van der Waals surface area contributed by atoms with E-state index in [0.29, 0.717) is 11.8 Å². The van der Waals surface area contributed by atoms with Gasteiger partial charge in [0.25, 0.3) is 0 Å². The number of carbonyl (C=O) groups is 1. The van der Waals surface area contributed by atoms with Crippen molar-refractivity contribution in [3.63, 3.8) is 0 Å². The third kappa shape index (κ3) is 4.40. The fourth-order valence-corrected chi connectivity index (χ4v) is 3.94. The summed E-state index contributed by atoms with van der Waals surface area (Å²) in [6.07, 6.45) is 6.12. The lowest BCUT2D eigenvalue weighted by atomic mass is 9.93. The normalized spacial score (nSPS) is 16.1. The minimum Gasteiger partial charge on any atom is -0.398 e. The highest BCUT2D eigenvalue weighted by molar-refractivity contribution is 8.00. The predicted molar refractivity (Wildman–Crippen MR) is 90.4 cm³/mol. The molecule has 0 saturated heterocycles. The Kier molecular flexibility index (Phi) is 5.97. The minimum absolute atomic E-state index is 0.241. The van der Waals surface area contributed by atoms with Crippen LogP contribution in [-0.2, 0) is 4.79 Å². The van der Waals surface area contributed by atoms with Gasteiger partial charge >= 0.3 is 0 Å². The van der Waals surface area contributed by atoms with Crippen molar-refractivity contribution < 1.29 is 4.79 Å². The summed E-state index contributed by atoms with van der Waals surface area (Å²) < 4.78 is 0. The summed E-state index contributed by atoms with van der Waals surface area (Å²) in [6, 6.07) is 8.45. The summed E-state index contributed by atoms with van der Waals surface area (Å²) in [6.45, 7) is 4.24. The molecule has 2 rings (SSSR count). The molecule has 1 aromatic carbocycles. The van der Waals surface area contributed by atoms with Gasteiger partial charge in [-0.2, -0.15) is 0 Å². The van der Waals surface area contributed by atoms with E-state index in [9.17, 15) is 4.79 Å². The van der Waals surface area contributed by atoms with Crippen molar-refractivity contribution in [2.24, 2.45) is 0 Å². The van der Waals surface area contributed by atoms with Crippen molar-refractivity contribution in [3.8, 4) is 0 Å². The van der Waals surface area contributed by atoms with E-state index in [1.807, 2.05) is 24.3 Å². The van der Waals surface area contributed by atoms with Crippen LogP contribution in [0.4, 0.5) is 5.69 Å². The zero-order valence-electron chi connectivity index (χ0n) is 13.0. The highest BCUT2D eigenvalue weighted by atomic mass is 32.2. The average molecular weight is 306 g/mol. The number of benzene rings is 1. The number of anilines is 1. The second-order valence-corrected chi connectivity index (χ2v) is 7.03. The van der Waals surface area contributed by atoms with E-state index in [-0.39, 0.29) is 11.9 Å². The van der Waals surface area contributed by atoms with Crippen molar-refractivity contribution in [1.82, 2.24) is 4.90 Å². The minimum atomic E-state index is 0.241. The average Bonchev–Trinajstić information content (AvgIpc) is 2.47. The van der Waals surface area contributed by atoms with Crippen molar-refractivity contribution in [3.05, 3.63) is 24.3 Å². The highest BCUT2D eigenvalue weighted by Crippen LogP contribution is 2.28. The van der Waals surface area contributed by atoms with Crippen molar-refractivity contribution >= 4 is 23.4 Å². The Morgan fingerprint density at radius 3 is 2.57 bits per heavy atom. The lowest BCUT2D eigenvalue weighted by Crippen LogP contribution is -2.46. The molecule has 1 fully saturated rings. The molecule has 1 aliphatic carbocycles. The van der Waals surface area contributed by atoms with Gasteiger partial charge in [-0.15, -0.1) is 11.8 Å². The van der Waals surface area contributed by atoms with Gasteiger partial charge in [0, 0.05) is 22.7 Å². The maximum absolute atomic E-state index is 12.6. The van der Waals surface area contributed by atoms with Gasteiger partial charge in [0.1, 0.15) is 0 Å². The van der Waals surface area contributed by atoms with Crippen LogP contribution in [0, 0.1) is 0 Å². The van der Waals surface area contributed by atoms with E-state index in [4.69, 9.17) is 5.73 Å². The van der Waals surface area contributed by atoms with Crippen LogP contribution < -0.4 is 5.73 Å². The summed E-state index contributed by atoms with van der Waals surface area (Å²) in [7, 11) is 0. The van der Waals surface area contributed by atoms with Crippen LogP contribution in [0.15, 0.2) is 29.2 Å². The van der Waals surface area contributed by atoms with Gasteiger partial charge in [0.05, 0.1) is 5.75 Å². The molecule has 116 valence electrons. The predicted octanol–water partition coefficient (Wildman–Crippen LogP) is 3.93. The molecule has 21 heavy (non-hydrogen) atoms. The molecule has 1 saturated carbocycles. The molecule has 1 aliphatic rings. The van der Waals surface area contributed by atoms with Gasteiger partial charge in [-0.3, -0.25) is 4.79 Å². The Morgan fingerprint density at radius 1 is 1.29 bits per heavy atom. The quantitative estimate of drug-likeness (QED) is 0.662. The fourth-order valence-electron chi connectivity index (χ4n) is 3.10. The molecule has 0 aromatic heterocycles. The second-order valence-electron chi connectivity index (χ2n) is 6.01. The zero-order chi connectivity index (χ0) is 15.2. The van der Waals surface area contributed by atoms with Gasteiger partial charge in [0.15, 0.2) is 0 Å². The topological polar surface area (TPSA) is 46.3 Å². The van der Waals surface area contributed by atoms with Gasteiger partial charge in [0.2, 0.25) is 5.91 Å². The summed E-state index contributed by atoms with van der Waals surface area (Å²) in [5.74, 6) is 0.716. The summed E-state index contributed by atoms with van der Waals surface area (Å²) in [4.78, 5) is 15.7. The number of carbonyl (C=O) groups excluding carboxylic acids is 1. The van der Waals surface area contributed by atoms with Crippen LogP contribution >= 0.6 is 11.8 Å². The van der Waals surface area contributed by atoms with Crippen molar-refractivity contribution in [1.29, 1.82) is 0 Å². The molecule has 0 spiro atoms. The van der Waals surface area contributed by atoms with E-state index in [1.165, 1.54) is 19.3 Å². The van der Waals surface area contributed by atoms with E-state index in [1.54, 1.807) is 11.8 Å². The van der Waals surface area contributed by atoms with Crippen molar-refractivity contribution in [2.75, 3.05) is 11.5 Å². The molecule has 0 bridgehead atoms. The smallest absolute Gasteiger partial charge is 0.233 e. The number of amides is 1. The molecule has 4 heteroatoms. The Morgan fingerprint density at radius 2 is 1.95 bits per heavy atom. The van der Waals surface area contributed by atoms with Gasteiger partial charge < -0.3 is 10.6 Å². The number of thioether (sulfide) groups is 1. The first kappa shape index (κ1) is 16.2. The van der Waals surface area contributed by atoms with Crippen LogP contribution in [-0.4, -0.2) is 28.6 Å². The first-order valence-electron chi connectivity index (χ1n) is 7.88. The van der Waals surface area contributed by atoms with Crippen LogP contribution in [0.1, 0.15) is 46.0 Å². The molecule has 1 amide bonds. The number of nitrogens with two attached hydrogens (primary N) is 1. The van der Waals surface area contributed by atoms with E-state index in [2.05, 4.69) is 18.7 Å². The molecule has 0 aliphatic heterocycles. The van der Waals surface area contributed by atoms with E-state index in [0.717, 1.165) is 23.4 Å². The summed E-state index contributed by atoms with van der Waals surface area (Å²) in [5, 5.41) is 0. The molecule has 0 atom stereocenters. The first-order valence-corrected chi connectivity index (χ1v) is 8.86. The maximum atomic E-state index is 12.6. The highest BCUT2D eigenvalue weighted by Gasteiger charge is 2.27. The Hall–Kier alpha value is -1.16. The van der Waals surface area contributed by atoms with Crippen LogP contribution in [0.25, 0.3) is 0 Å². The number of nitrogens with zero attached hydrogens (tertiary/aromatic N) is 1. The molecule has 3 nitrogen and oxygen atoms in total. The molecule has 0 heterocycles. The molecule has 1 aromatic rings. The lowest BCUT2D eigenvalue weighted by molar-refractivity contribution is -0.133. The van der Waals surface area contributed by atoms with Gasteiger partial charge in [-0.1, -0.05) is 31.4 Å². The number of para-hydroxylation sites is 1. The van der Waals surface area contributed by atoms with E-state index >= 15 is 0 Å². The molecule has 2 N–H and O–H groups in total. The first-order chi connectivity index (χ1) is 10.1. The van der Waals surface area contributed by atoms with Crippen LogP contribution in [0.3, 0.4) is 0 Å². The number of nitrogen functional groups attached to an aromatic ring is 1. The maximum Gasteiger partial charge on any atom is 0.233 e. The number of rotatable bonds is 5. The third-order valence-corrected chi connectivity index (χ3v) is 5.16. The lowest BCUT2D eigenvalue weighted by Gasteiger charge is -2.37. The standard InChI is InChI=1S/C17H26N2OS/c1-13(2)19(14-8-4-3-5-9-14)17(20)12-21-16-11-7-6-10-15(16)18/h6-7,10-11,13-14H,3-5,8-9,12,18H2,1-2H3. The summed E-state index contributed by atoms with van der Waals surface area (Å²) in [5.41, 5.74) is 6.69. The third-order valence-electron chi connectivity index (χ3n) is 4.08. The van der Waals surface area contributed by atoms with Gasteiger partial charge in [-0.05, 0) is 38.8 Å². The Labute approximate surface area is 132 Å². The Bertz CT molecular complexity index is 470. The monoisotopic (exact) mass is 306 g/mol. The van der Waals surface area contributed by atoms with Crippen LogP contribution in [0.2, 0.25) is 0 Å². The Balaban J connectivity index is 1.97. The molecular weight excluding hydrogens is 280 g/mol. The number of hydrogen-bond donors (Lipinski definition) is 1. The summed E-state index contributed by atoms with van der Waals surface area (Å²) >= 11 is 1.55. The second kappa shape index (κ2) is 7.74. The molecule has 0 radical (unpaired) electrons. The SMILES string of the molecule is CC(C)N(C(=O)CSc1ccccc1N)C1CCCCC1. The number of hydrogen-bond acceptors (Lipinski definition) is 3. The van der Waals surface area contributed by atoms with Crippen molar-refractivity contribution in [2.45, 2.75) is 62.9 Å².